The Morgan fingerprint density at radius 2 is 1.59 bits per heavy atom. The Bertz CT molecular complexity index is 1240. The van der Waals surface area contributed by atoms with Crippen LogP contribution in [0.3, 0.4) is 0 Å². The van der Waals surface area contributed by atoms with E-state index in [1.165, 1.54) is 0 Å². The number of methoxy groups -OCH3 is 1. The molecule has 4 rings (SSSR count). The molecule has 0 spiro atoms. The Morgan fingerprint density at radius 3 is 2.31 bits per heavy atom. The zero-order chi connectivity index (χ0) is 22.5. The summed E-state index contributed by atoms with van der Waals surface area (Å²) >= 11 is 0. The van der Waals surface area contributed by atoms with Crippen molar-refractivity contribution in [2.45, 2.75) is 6.92 Å². The molecule has 0 saturated carbocycles. The van der Waals surface area contributed by atoms with Gasteiger partial charge in [-0.05, 0) is 43.3 Å². The van der Waals surface area contributed by atoms with Gasteiger partial charge in [0, 0.05) is 22.9 Å². The van der Waals surface area contributed by atoms with Gasteiger partial charge in [-0.1, -0.05) is 47.1 Å². The number of anilines is 2. The van der Waals surface area contributed by atoms with Gasteiger partial charge in [0.25, 0.3) is 11.8 Å². The van der Waals surface area contributed by atoms with Crippen molar-refractivity contribution in [3.8, 4) is 17.0 Å². The first-order valence-electron chi connectivity index (χ1n) is 9.93. The number of carbonyl (C=O) groups excluding carboxylic acids is 2. The van der Waals surface area contributed by atoms with Crippen molar-refractivity contribution >= 4 is 23.2 Å². The van der Waals surface area contributed by atoms with E-state index < -0.39 is 5.91 Å². The average molecular weight is 427 g/mol. The summed E-state index contributed by atoms with van der Waals surface area (Å²) in [5.74, 6) is -0.0483. The van der Waals surface area contributed by atoms with E-state index in [0.29, 0.717) is 28.4 Å². The third kappa shape index (κ3) is 4.67. The van der Waals surface area contributed by atoms with Crippen LogP contribution in [0, 0.1) is 6.92 Å². The molecule has 160 valence electrons. The van der Waals surface area contributed by atoms with Crippen LogP contribution in [0.1, 0.15) is 26.5 Å². The topological polar surface area (TPSA) is 93.5 Å². The van der Waals surface area contributed by atoms with E-state index in [1.54, 1.807) is 49.6 Å². The third-order valence-corrected chi connectivity index (χ3v) is 4.84. The molecule has 0 aliphatic rings. The van der Waals surface area contributed by atoms with Crippen molar-refractivity contribution in [2.24, 2.45) is 0 Å². The molecule has 1 heterocycles. The number of carbonyl (C=O) groups is 2. The second-order valence-electron chi connectivity index (χ2n) is 7.13. The maximum Gasteiger partial charge on any atom is 0.294 e. The minimum Gasteiger partial charge on any atom is -0.495 e. The van der Waals surface area contributed by atoms with Crippen LogP contribution in [0.4, 0.5) is 11.4 Å². The molecule has 0 radical (unpaired) electrons. The maximum absolute atomic E-state index is 12.5. The number of hydrogen-bond donors (Lipinski definition) is 2. The molecule has 0 aliphatic carbocycles. The summed E-state index contributed by atoms with van der Waals surface area (Å²) in [5, 5.41) is 9.52. The molecule has 2 N–H and O–H groups in total. The van der Waals surface area contributed by atoms with Crippen LogP contribution in [-0.4, -0.2) is 24.1 Å². The highest BCUT2D eigenvalue weighted by atomic mass is 16.5. The number of ether oxygens (including phenoxy) is 1. The van der Waals surface area contributed by atoms with Gasteiger partial charge < -0.3 is 19.9 Å². The number of aryl methyl sites for hydroxylation is 1. The number of aromatic nitrogens is 1. The zero-order valence-electron chi connectivity index (χ0n) is 17.6. The fourth-order valence-electron chi connectivity index (χ4n) is 3.08. The van der Waals surface area contributed by atoms with Crippen LogP contribution in [0.2, 0.25) is 0 Å². The number of nitrogens with zero attached hydrogens (tertiary/aromatic N) is 1. The van der Waals surface area contributed by atoms with Crippen LogP contribution < -0.4 is 15.4 Å². The maximum atomic E-state index is 12.5. The van der Waals surface area contributed by atoms with Gasteiger partial charge in [0.15, 0.2) is 0 Å². The summed E-state index contributed by atoms with van der Waals surface area (Å²) < 4.78 is 10.4. The van der Waals surface area contributed by atoms with Crippen LogP contribution in [-0.2, 0) is 0 Å². The lowest BCUT2D eigenvalue weighted by atomic mass is 10.1. The number of hydrogen-bond acceptors (Lipinski definition) is 5. The normalized spacial score (nSPS) is 10.4. The van der Waals surface area contributed by atoms with Crippen molar-refractivity contribution in [3.05, 3.63) is 95.7 Å². The first-order chi connectivity index (χ1) is 15.5. The van der Waals surface area contributed by atoms with Gasteiger partial charge in [-0.25, -0.2) is 0 Å². The van der Waals surface area contributed by atoms with Crippen molar-refractivity contribution in [1.82, 2.24) is 5.16 Å². The van der Waals surface area contributed by atoms with Gasteiger partial charge in [0.05, 0.1) is 12.8 Å². The van der Waals surface area contributed by atoms with E-state index in [1.807, 2.05) is 43.3 Å². The molecule has 7 heteroatoms. The van der Waals surface area contributed by atoms with Crippen LogP contribution in [0.15, 0.2) is 83.4 Å². The van der Waals surface area contributed by atoms with E-state index >= 15 is 0 Å². The summed E-state index contributed by atoms with van der Waals surface area (Å²) in [4.78, 5) is 25.0. The first-order valence-corrected chi connectivity index (χ1v) is 9.93. The number of benzene rings is 3. The zero-order valence-corrected chi connectivity index (χ0v) is 17.6. The van der Waals surface area contributed by atoms with Crippen LogP contribution in [0.25, 0.3) is 11.3 Å². The molecule has 0 atom stereocenters. The molecular weight excluding hydrogens is 406 g/mol. The van der Waals surface area contributed by atoms with E-state index in [0.717, 1.165) is 11.1 Å². The molecule has 32 heavy (non-hydrogen) atoms. The monoisotopic (exact) mass is 427 g/mol. The van der Waals surface area contributed by atoms with Crippen LogP contribution >= 0.6 is 0 Å². The largest absolute Gasteiger partial charge is 0.495 e. The smallest absolute Gasteiger partial charge is 0.294 e. The molecule has 4 aromatic rings. The number of para-hydroxylation sites is 2. The first kappa shape index (κ1) is 20.9. The summed E-state index contributed by atoms with van der Waals surface area (Å²) in [5.41, 5.74) is 4.12. The van der Waals surface area contributed by atoms with Gasteiger partial charge >= 0.3 is 0 Å². The fraction of sp³-hybridized carbons (Fsp3) is 0.0800. The van der Waals surface area contributed by atoms with Crippen molar-refractivity contribution < 1.29 is 18.8 Å². The lowest BCUT2D eigenvalue weighted by Crippen LogP contribution is -2.13. The quantitative estimate of drug-likeness (QED) is 0.443. The number of amides is 2. The molecule has 0 saturated heterocycles. The van der Waals surface area contributed by atoms with Crippen molar-refractivity contribution in [3.63, 3.8) is 0 Å². The SMILES string of the molecule is COc1ccccc1NC(=O)c1ccc(NC(=O)c2cc(-c3ccc(C)cc3)no2)cc1. The predicted octanol–water partition coefficient (Wildman–Crippen LogP) is 5.16. The van der Waals surface area contributed by atoms with Gasteiger partial charge in [0.2, 0.25) is 5.76 Å². The second-order valence-corrected chi connectivity index (χ2v) is 7.13. The van der Waals surface area contributed by atoms with Gasteiger partial charge in [-0.15, -0.1) is 0 Å². The highest BCUT2D eigenvalue weighted by Crippen LogP contribution is 2.24. The number of nitrogens with one attached hydrogen (secondary N) is 2. The molecule has 0 bridgehead atoms. The molecule has 2 amide bonds. The molecule has 7 nitrogen and oxygen atoms in total. The number of rotatable bonds is 6. The van der Waals surface area contributed by atoms with Gasteiger partial charge in [-0.3, -0.25) is 9.59 Å². The van der Waals surface area contributed by atoms with E-state index in [2.05, 4.69) is 15.8 Å². The van der Waals surface area contributed by atoms with Gasteiger partial charge in [-0.2, -0.15) is 0 Å². The highest BCUT2D eigenvalue weighted by molar-refractivity contribution is 6.06. The van der Waals surface area contributed by atoms with E-state index in [9.17, 15) is 9.59 Å². The summed E-state index contributed by atoms with van der Waals surface area (Å²) in [6.45, 7) is 2.00. The Labute approximate surface area is 185 Å². The second kappa shape index (κ2) is 9.18. The summed E-state index contributed by atoms with van der Waals surface area (Å²) in [6, 6.07) is 23.1. The predicted molar refractivity (Wildman–Crippen MR) is 122 cm³/mol. The standard InChI is InChI=1S/C25H21N3O4/c1-16-7-9-17(10-8-16)21-15-23(32-28-21)25(30)26-19-13-11-18(12-14-19)24(29)27-20-5-3-4-6-22(20)31-2/h3-15H,1-2H3,(H,26,30)(H,27,29). The highest BCUT2D eigenvalue weighted by Gasteiger charge is 2.15. The third-order valence-electron chi connectivity index (χ3n) is 4.84. The molecular formula is C25H21N3O4. The van der Waals surface area contributed by atoms with E-state index in [-0.39, 0.29) is 11.7 Å². The lowest BCUT2D eigenvalue weighted by molar-refractivity contribution is 0.0987. The summed E-state index contributed by atoms with van der Waals surface area (Å²) in [7, 11) is 1.54. The average Bonchev–Trinajstić information content (AvgIpc) is 3.31. The van der Waals surface area contributed by atoms with E-state index in [4.69, 9.17) is 9.26 Å². The minimum atomic E-state index is -0.429. The molecule has 0 aliphatic heterocycles. The lowest BCUT2D eigenvalue weighted by Gasteiger charge is -2.10. The Hall–Kier alpha value is -4.39. The Kier molecular flexibility index (Phi) is 5.98. The minimum absolute atomic E-state index is 0.0959. The van der Waals surface area contributed by atoms with Gasteiger partial charge in [0.1, 0.15) is 11.4 Å². The molecule has 1 aromatic heterocycles. The van der Waals surface area contributed by atoms with Crippen molar-refractivity contribution in [2.75, 3.05) is 17.7 Å². The fourth-order valence-corrected chi connectivity index (χ4v) is 3.08. The van der Waals surface area contributed by atoms with Crippen molar-refractivity contribution in [1.29, 1.82) is 0 Å². The molecule has 0 fully saturated rings. The Balaban J connectivity index is 1.41. The van der Waals surface area contributed by atoms with Crippen LogP contribution in [0.5, 0.6) is 5.75 Å². The Morgan fingerprint density at radius 1 is 0.875 bits per heavy atom. The molecule has 3 aromatic carbocycles. The summed E-state index contributed by atoms with van der Waals surface area (Å²) in [6.07, 6.45) is 0. The molecule has 0 unspecified atom stereocenters.